The average molecular weight is 604 g/mol. The number of carbonyl (C=O) groups excluding carboxylic acids is 3. The SMILES string of the molecule is COC(=O)c1cccc2[nH]c(=S)oc12.COC(=O)c1cccc2nc(N3CCCC[C@H]3C(=O)OCc3ccccc3)oc12. The zero-order valence-corrected chi connectivity index (χ0v) is 24.3. The number of ether oxygens (including phenoxy) is 3. The molecule has 0 bridgehead atoms. The van der Waals surface area contributed by atoms with Crippen LogP contribution in [-0.4, -0.2) is 54.7 Å². The molecule has 3 aromatic carbocycles. The number of nitrogens with zero attached hydrogens (tertiary/aromatic N) is 2. The molecule has 1 atom stereocenters. The number of hydrogen-bond donors (Lipinski definition) is 1. The smallest absolute Gasteiger partial charge is 0.341 e. The molecule has 1 saturated heterocycles. The minimum Gasteiger partial charge on any atom is -0.465 e. The maximum Gasteiger partial charge on any atom is 0.341 e. The van der Waals surface area contributed by atoms with Gasteiger partial charge in [0.25, 0.3) is 10.9 Å². The Labute approximate surface area is 251 Å². The van der Waals surface area contributed by atoms with Crippen LogP contribution in [0.25, 0.3) is 22.2 Å². The van der Waals surface area contributed by atoms with E-state index in [0.717, 1.165) is 18.4 Å². The van der Waals surface area contributed by atoms with Crippen LogP contribution in [0.5, 0.6) is 0 Å². The molecular weight excluding hydrogens is 574 g/mol. The third-order valence-corrected chi connectivity index (χ3v) is 7.09. The number of anilines is 1. The van der Waals surface area contributed by atoms with Gasteiger partial charge < -0.3 is 32.9 Å². The predicted octanol–water partition coefficient (Wildman–Crippen LogP) is 5.99. The summed E-state index contributed by atoms with van der Waals surface area (Å²) < 4.78 is 26.1. The Balaban J connectivity index is 0.000000220. The van der Waals surface area contributed by atoms with E-state index < -0.39 is 18.0 Å². The highest BCUT2D eigenvalue weighted by Crippen LogP contribution is 2.30. The Morgan fingerprint density at radius 2 is 1.60 bits per heavy atom. The summed E-state index contributed by atoms with van der Waals surface area (Å²) in [6.45, 7) is 0.857. The number of rotatable bonds is 6. The Kier molecular flexibility index (Phi) is 9.16. The van der Waals surface area contributed by atoms with Crippen LogP contribution < -0.4 is 4.90 Å². The third-order valence-electron chi connectivity index (χ3n) is 6.91. The number of H-pyrrole nitrogens is 1. The van der Waals surface area contributed by atoms with Gasteiger partial charge in [-0.2, -0.15) is 4.98 Å². The molecule has 6 rings (SSSR count). The van der Waals surface area contributed by atoms with E-state index in [-0.39, 0.29) is 17.4 Å². The van der Waals surface area contributed by atoms with Gasteiger partial charge in [-0.3, -0.25) is 0 Å². The third kappa shape index (κ3) is 6.59. The number of oxazole rings is 2. The minimum absolute atomic E-state index is 0.226. The molecule has 2 aromatic heterocycles. The van der Waals surface area contributed by atoms with E-state index >= 15 is 0 Å². The van der Waals surface area contributed by atoms with Crippen LogP contribution in [0.2, 0.25) is 0 Å². The van der Waals surface area contributed by atoms with Crippen LogP contribution in [0.4, 0.5) is 6.01 Å². The minimum atomic E-state index is -0.490. The van der Waals surface area contributed by atoms with Crippen molar-refractivity contribution >= 4 is 58.3 Å². The van der Waals surface area contributed by atoms with Gasteiger partial charge in [0, 0.05) is 6.54 Å². The second kappa shape index (κ2) is 13.3. The molecular formula is C31H29N3O8S. The molecule has 1 aliphatic rings. The standard InChI is InChI=1S/C22H22N2O5.C9H7NO3S/c1-27-20(25)16-10-7-11-17-19(16)29-22(23-17)24-13-6-5-12-18(24)21(26)28-14-15-8-3-2-4-9-15;1-12-8(11)5-3-2-4-6-7(5)13-9(14)10-6/h2-4,7-11,18H,5-6,12-14H2,1H3;2-4H,1H3,(H,10,14)/t18-;/m0./s1. The second-order valence-corrected chi connectivity index (χ2v) is 10.00. The lowest BCUT2D eigenvalue weighted by molar-refractivity contribution is -0.147. The summed E-state index contributed by atoms with van der Waals surface area (Å²) in [7, 11) is 2.64. The molecule has 0 amide bonds. The van der Waals surface area contributed by atoms with Gasteiger partial charge in [0.15, 0.2) is 11.2 Å². The van der Waals surface area contributed by atoms with Crippen molar-refractivity contribution in [3.05, 3.63) is 88.3 Å². The Bertz CT molecular complexity index is 1810. The molecule has 0 saturated carbocycles. The molecule has 3 heterocycles. The number of methoxy groups -OCH3 is 2. The van der Waals surface area contributed by atoms with Crippen LogP contribution in [0.3, 0.4) is 0 Å². The molecule has 11 nitrogen and oxygen atoms in total. The lowest BCUT2D eigenvalue weighted by atomic mass is 10.0. The molecule has 5 aromatic rings. The highest BCUT2D eigenvalue weighted by molar-refractivity contribution is 7.71. The molecule has 1 fully saturated rings. The molecule has 1 aliphatic heterocycles. The topological polar surface area (TPSA) is 137 Å². The number of carbonyl (C=O) groups is 3. The molecule has 0 aliphatic carbocycles. The Morgan fingerprint density at radius 1 is 0.907 bits per heavy atom. The number of fused-ring (bicyclic) bond motifs is 2. The molecule has 222 valence electrons. The number of aromatic amines is 1. The van der Waals surface area contributed by atoms with Crippen LogP contribution in [-0.2, 0) is 25.6 Å². The van der Waals surface area contributed by atoms with Gasteiger partial charge in [-0.15, -0.1) is 0 Å². The summed E-state index contributed by atoms with van der Waals surface area (Å²) in [5.74, 6) is -1.23. The summed E-state index contributed by atoms with van der Waals surface area (Å²) in [5, 5.41) is 0. The number of nitrogens with one attached hydrogen (secondary N) is 1. The molecule has 0 radical (unpaired) electrons. The summed E-state index contributed by atoms with van der Waals surface area (Å²) in [5.41, 5.74) is 3.65. The van der Waals surface area contributed by atoms with E-state index in [4.69, 9.17) is 30.5 Å². The van der Waals surface area contributed by atoms with Gasteiger partial charge in [0.05, 0.1) is 19.7 Å². The molecule has 0 spiro atoms. The largest absolute Gasteiger partial charge is 0.465 e. The zero-order valence-electron chi connectivity index (χ0n) is 23.5. The first-order valence-electron chi connectivity index (χ1n) is 13.5. The van der Waals surface area contributed by atoms with E-state index in [9.17, 15) is 14.4 Å². The molecule has 1 N–H and O–H groups in total. The molecule has 12 heteroatoms. The lowest BCUT2D eigenvalue weighted by Gasteiger charge is -2.32. The second-order valence-electron chi connectivity index (χ2n) is 9.63. The highest BCUT2D eigenvalue weighted by atomic mass is 32.1. The van der Waals surface area contributed by atoms with E-state index in [1.54, 1.807) is 36.4 Å². The van der Waals surface area contributed by atoms with Crippen molar-refractivity contribution in [1.29, 1.82) is 0 Å². The fraction of sp³-hybridized carbons (Fsp3) is 0.258. The van der Waals surface area contributed by atoms with Gasteiger partial charge in [-0.25, -0.2) is 14.4 Å². The van der Waals surface area contributed by atoms with Crippen molar-refractivity contribution in [3.8, 4) is 0 Å². The summed E-state index contributed by atoms with van der Waals surface area (Å²) in [6.07, 6.45) is 2.51. The maximum atomic E-state index is 12.8. The van der Waals surface area contributed by atoms with Crippen molar-refractivity contribution in [2.45, 2.75) is 31.9 Å². The first-order chi connectivity index (χ1) is 20.9. The lowest BCUT2D eigenvalue weighted by Crippen LogP contribution is -2.45. The van der Waals surface area contributed by atoms with Crippen LogP contribution in [0.1, 0.15) is 45.5 Å². The number of benzene rings is 3. The van der Waals surface area contributed by atoms with Gasteiger partial charge >= 0.3 is 17.9 Å². The Morgan fingerprint density at radius 3 is 2.33 bits per heavy atom. The van der Waals surface area contributed by atoms with Crippen molar-refractivity contribution in [3.63, 3.8) is 0 Å². The first kappa shape index (κ1) is 29.5. The normalized spacial score (nSPS) is 14.6. The highest BCUT2D eigenvalue weighted by Gasteiger charge is 2.33. The quantitative estimate of drug-likeness (QED) is 0.139. The van der Waals surface area contributed by atoms with E-state index in [0.29, 0.717) is 52.3 Å². The van der Waals surface area contributed by atoms with Crippen LogP contribution >= 0.6 is 12.2 Å². The molecule has 0 unspecified atom stereocenters. The van der Waals surface area contributed by atoms with E-state index in [1.807, 2.05) is 35.2 Å². The predicted molar refractivity (Wildman–Crippen MR) is 159 cm³/mol. The van der Waals surface area contributed by atoms with Crippen LogP contribution in [0.15, 0.2) is 75.6 Å². The number of para-hydroxylation sites is 2. The van der Waals surface area contributed by atoms with Gasteiger partial charge in [-0.1, -0.05) is 42.5 Å². The summed E-state index contributed by atoms with van der Waals surface area (Å²) in [6, 6.07) is 19.7. The van der Waals surface area contributed by atoms with Crippen LogP contribution in [0, 0.1) is 4.84 Å². The summed E-state index contributed by atoms with van der Waals surface area (Å²) >= 11 is 4.82. The number of hydrogen-bond acceptors (Lipinski definition) is 11. The van der Waals surface area contributed by atoms with Crippen molar-refractivity contribution in [1.82, 2.24) is 9.97 Å². The first-order valence-corrected chi connectivity index (χ1v) is 14.0. The van der Waals surface area contributed by atoms with Crippen molar-refractivity contribution in [2.75, 3.05) is 25.7 Å². The fourth-order valence-electron chi connectivity index (χ4n) is 4.81. The fourth-order valence-corrected chi connectivity index (χ4v) is 5.00. The van der Waals surface area contributed by atoms with Gasteiger partial charge in [0.2, 0.25) is 0 Å². The zero-order chi connectivity index (χ0) is 30.3. The van der Waals surface area contributed by atoms with Gasteiger partial charge in [0.1, 0.15) is 29.3 Å². The maximum absolute atomic E-state index is 12.8. The Hall–Kier alpha value is -4.97. The summed E-state index contributed by atoms with van der Waals surface area (Å²) in [4.78, 5) is 45.5. The average Bonchev–Trinajstić information content (AvgIpc) is 3.66. The van der Waals surface area contributed by atoms with E-state index in [2.05, 4.69) is 14.7 Å². The number of aromatic nitrogens is 2. The van der Waals surface area contributed by atoms with Crippen molar-refractivity contribution < 1.29 is 37.4 Å². The number of esters is 3. The van der Waals surface area contributed by atoms with Crippen molar-refractivity contribution in [2.24, 2.45) is 0 Å². The van der Waals surface area contributed by atoms with E-state index in [1.165, 1.54) is 14.2 Å². The number of piperidine rings is 1. The van der Waals surface area contributed by atoms with Gasteiger partial charge in [-0.05, 0) is 61.3 Å². The molecule has 43 heavy (non-hydrogen) atoms. The monoisotopic (exact) mass is 603 g/mol.